The molecule has 0 atom stereocenters. The number of rotatable bonds is 2. The minimum Gasteiger partial charge on any atom is -0.508 e. The number of phenols is 5. The van der Waals surface area contributed by atoms with Crippen molar-refractivity contribution in [2.24, 2.45) is 0 Å². The van der Waals surface area contributed by atoms with Crippen LogP contribution in [0.4, 0.5) is 0 Å². The van der Waals surface area contributed by atoms with Crippen molar-refractivity contribution in [2.45, 2.75) is 6.92 Å². The summed E-state index contributed by atoms with van der Waals surface area (Å²) in [6.07, 6.45) is 0. The highest BCUT2D eigenvalue weighted by atomic mass is 16.3. The van der Waals surface area contributed by atoms with Gasteiger partial charge in [-0.3, -0.25) is 4.79 Å². The van der Waals surface area contributed by atoms with E-state index in [1.807, 2.05) is 0 Å². The molecule has 6 heteroatoms. The predicted molar refractivity (Wildman–Crippen MR) is 69.4 cm³/mol. The van der Waals surface area contributed by atoms with E-state index in [1.165, 1.54) is 13.0 Å². The molecule has 20 heavy (non-hydrogen) atoms. The fourth-order valence-electron chi connectivity index (χ4n) is 1.85. The van der Waals surface area contributed by atoms with Crippen LogP contribution in [0.5, 0.6) is 28.7 Å². The molecule has 2 aromatic carbocycles. The van der Waals surface area contributed by atoms with Gasteiger partial charge in [0.15, 0.2) is 23.0 Å². The first-order chi connectivity index (χ1) is 9.32. The molecule has 6 nitrogen and oxygen atoms in total. The summed E-state index contributed by atoms with van der Waals surface area (Å²) in [7, 11) is 0. The van der Waals surface area contributed by atoms with Crippen LogP contribution >= 0.6 is 0 Å². The molecule has 0 amide bonds. The highest BCUT2D eigenvalue weighted by Gasteiger charge is 2.21. The zero-order valence-electron chi connectivity index (χ0n) is 10.5. The van der Waals surface area contributed by atoms with Crippen molar-refractivity contribution >= 4 is 5.78 Å². The number of aromatic hydroxyl groups is 5. The van der Waals surface area contributed by atoms with E-state index in [4.69, 9.17) is 0 Å². The van der Waals surface area contributed by atoms with E-state index < -0.39 is 23.0 Å². The summed E-state index contributed by atoms with van der Waals surface area (Å²) in [4.78, 5) is 12.3. The average Bonchev–Trinajstić information content (AvgIpc) is 2.40. The Morgan fingerprint density at radius 2 is 1.35 bits per heavy atom. The third kappa shape index (κ3) is 2.07. The summed E-state index contributed by atoms with van der Waals surface area (Å²) >= 11 is 0. The van der Waals surface area contributed by atoms with Crippen LogP contribution in [-0.2, 0) is 0 Å². The van der Waals surface area contributed by atoms with Crippen LogP contribution < -0.4 is 0 Å². The fourth-order valence-corrected chi connectivity index (χ4v) is 1.85. The lowest BCUT2D eigenvalue weighted by atomic mass is 9.97. The second-order valence-electron chi connectivity index (χ2n) is 4.30. The first-order valence-corrected chi connectivity index (χ1v) is 5.64. The minimum absolute atomic E-state index is 0.137. The number of ketones is 1. The summed E-state index contributed by atoms with van der Waals surface area (Å²) in [6, 6.07) is 4.32. The number of phenolic OH excluding ortho intramolecular Hbond substituents is 5. The third-order valence-electron chi connectivity index (χ3n) is 2.97. The highest BCUT2D eigenvalue weighted by molar-refractivity contribution is 6.12. The van der Waals surface area contributed by atoms with Crippen LogP contribution in [0.1, 0.15) is 21.5 Å². The number of carbonyl (C=O) groups excluding carboxylic acids is 1. The van der Waals surface area contributed by atoms with E-state index in [0.29, 0.717) is 0 Å². The van der Waals surface area contributed by atoms with Gasteiger partial charge in [0.05, 0.1) is 5.56 Å². The van der Waals surface area contributed by atoms with Gasteiger partial charge in [0.1, 0.15) is 11.5 Å². The first kappa shape index (κ1) is 13.5. The van der Waals surface area contributed by atoms with Crippen LogP contribution in [-0.4, -0.2) is 31.3 Å². The highest BCUT2D eigenvalue weighted by Crippen LogP contribution is 2.37. The van der Waals surface area contributed by atoms with Gasteiger partial charge < -0.3 is 25.5 Å². The SMILES string of the molecule is Cc1c(O)ccc(O)c1C(=O)c1cc(O)c(O)c(O)c1. The molecular formula is C14H12O6. The summed E-state index contributed by atoms with van der Waals surface area (Å²) in [5.74, 6) is -3.27. The van der Waals surface area contributed by atoms with Gasteiger partial charge >= 0.3 is 0 Å². The van der Waals surface area contributed by atoms with Crippen LogP contribution in [0.2, 0.25) is 0 Å². The molecule has 0 bridgehead atoms. The lowest BCUT2D eigenvalue weighted by Gasteiger charge is -2.10. The third-order valence-corrected chi connectivity index (χ3v) is 2.97. The lowest BCUT2D eigenvalue weighted by molar-refractivity contribution is 0.103. The maximum absolute atomic E-state index is 12.3. The summed E-state index contributed by atoms with van der Waals surface area (Å²) in [5.41, 5.74) is -0.113. The van der Waals surface area contributed by atoms with Gasteiger partial charge in [-0.2, -0.15) is 0 Å². The van der Waals surface area contributed by atoms with Crippen molar-refractivity contribution in [3.05, 3.63) is 41.0 Å². The molecule has 0 aliphatic carbocycles. The molecule has 0 unspecified atom stereocenters. The standard InChI is InChI=1S/C14H12O6/c1-6-8(15)2-3-9(16)12(6)13(19)7-4-10(17)14(20)11(18)5-7/h2-5,15-18,20H,1H3. The fraction of sp³-hybridized carbons (Fsp3) is 0.0714. The van der Waals surface area contributed by atoms with E-state index in [0.717, 1.165) is 18.2 Å². The predicted octanol–water partition coefficient (Wildman–Crippen LogP) is 1.75. The average molecular weight is 276 g/mol. The molecule has 0 heterocycles. The maximum atomic E-state index is 12.3. The maximum Gasteiger partial charge on any atom is 0.200 e. The molecule has 104 valence electrons. The van der Waals surface area contributed by atoms with Gasteiger partial charge in [-0.15, -0.1) is 0 Å². The van der Waals surface area contributed by atoms with Gasteiger partial charge in [0.2, 0.25) is 0 Å². The zero-order valence-corrected chi connectivity index (χ0v) is 10.5. The van der Waals surface area contributed by atoms with E-state index >= 15 is 0 Å². The minimum atomic E-state index is -0.738. The van der Waals surface area contributed by atoms with Crippen LogP contribution in [0.3, 0.4) is 0 Å². The van der Waals surface area contributed by atoms with Crippen LogP contribution in [0, 0.1) is 6.92 Å². The number of benzene rings is 2. The van der Waals surface area contributed by atoms with Crippen molar-refractivity contribution < 1.29 is 30.3 Å². The molecule has 2 aromatic rings. The Kier molecular flexibility index (Phi) is 3.15. The molecule has 0 aliphatic heterocycles. The number of hydrogen-bond acceptors (Lipinski definition) is 6. The molecule has 5 N–H and O–H groups in total. The van der Waals surface area contributed by atoms with Gasteiger partial charge in [0, 0.05) is 11.1 Å². The van der Waals surface area contributed by atoms with Crippen LogP contribution in [0.25, 0.3) is 0 Å². The molecule has 0 saturated carbocycles. The Balaban J connectivity index is 2.61. The summed E-state index contributed by atoms with van der Waals surface area (Å²) < 4.78 is 0. The second kappa shape index (κ2) is 4.65. The first-order valence-electron chi connectivity index (χ1n) is 5.64. The quantitative estimate of drug-likeness (QED) is 0.324. The Morgan fingerprint density at radius 1 is 0.850 bits per heavy atom. The topological polar surface area (TPSA) is 118 Å². The lowest BCUT2D eigenvalue weighted by Crippen LogP contribution is -2.04. The van der Waals surface area contributed by atoms with Crippen molar-refractivity contribution in [1.29, 1.82) is 0 Å². The van der Waals surface area contributed by atoms with Gasteiger partial charge in [-0.05, 0) is 31.2 Å². The van der Waals surface area contributed by atoms with Crippen molar-refractivity contribution in [3.63, 3.8) is 0 Å². The van der Waals surface area contributed by atoms with Crippen molar-refractivity contribution in [3.8, 4) is 28.7 Å². The van der Waals surface area contributed by atoms with Gasteiger partial charge in [0.25, 0.3) is 0 Å². The van der Waals surface area contributed by atoms with E-state index in [1.54, 1.807) is 0 Å². The van der Waals surface area contributed by atoms with E-state index in [2.05, 4.69) is 0 Å². The van der Waals surface area contributed by atoms with Crippen molar-refractivity contribution in [1.82, 2.24) is 0 Å². The molecular weight excluding hydrogens is 264 g/mol. The Hall–Kier alpha value is -2.89. The number of carbonyl (C=O) groups is 1. The smallest absolute Gasteiger partial charge is 0.200 e. The monoisotopic (exact) mass is 276 g/mol. The molecule has 0 fully saturated rings. The largest absolute Gasteiger partial charge is 0.508 e. The molecule has 0 aliphatic rings. The normalized spacial score (nSPS) is 10.4. The van der Waals surface area contributed by atoms with E-state index in [9.17, 15) is 30.3 Å². The number of hydrogen-bond donors (Lipinski definition) is 5. The Bertz CT molecular complexity index is 682. The molecule has 0 saturated heterocycles. The molecule has 0 aromatic heterocycles. The van der Waals surface area contributed by atoms with Gasteiger partial charge in [-0.25, -0.2) is 0 Å². The Morgan fingerprint density at radius 3 is 1.90 bits per heavy atom. The zero-order chi connectivity index (χ0) is 15.0. The summed E-state index contributed by atoms with van der Waals surface area (Å²) in [6.45, 7) is 1.45. The summed E-state index contributed by atoms with van der Waals surface area (Å²) in [5, 5.41) is 47.3. The van der Waals surface area contributed by atoms with Crippen LogP contribution in [0.15, 0.2) is 24.3 Å². The van der Waals surface area contributed by atoms with Crippen molar-refractivity contribution in [2.75, 3.05) is 0 Å². The molecule has 2 rings (SSSR count). The molecule has 0 radical (unpaired) electrons. The van der Waals surface area contributed by atoms with Gasteiger partial charge in [-0.1, -0.05) is 0 Å². The Labute approximate surface area is 113 Å². The second-order valence-corrected chi connectivity index (χ2v) is 4.30. The molecule has 0 spiro atoms. The van der Waals surface area contributed by atoms with E-state index in [-0.39, 0.29) is 28.2 Å².